The van der Waals surface area contributed by atoms with E-state index in [4.69, 9.17) is 8.92 Å². The van der Waals surface area contributed by atoms with Crippen LogP contribution in [0.25, 0.3) is 0 Å². The molecule has 0 heterocycles. The summed E-state index contributed by atoms with van der Waals surface area (Å²) < 4.78 is 35.8. The van der Waals surface area contributed by atoms with Crippen LogP contribution in [0.4, 0.5) is 4.79 Å². The van der Waals surface area contributed by atoms with Crippen LogP contribution in [0.3, 0.4) is 0 Å². The molecule has 0 saturated carbocycles. The molecule has 0 fully saturated rings. The summed E-state index contributed by atoms with van der Waals surface area (Å²) in [4.78, 5) is 13.3. The third-order valence-corrected chi connectivity index (χ3v) is 5.52. The van der Waals surface area contributed by atoms with Crippen molar-refractivity contribution in [3.63, 3.8) is 0 Å². The lowest BCUT2D eigenvalue weighted by molar-refractivity contribution is 0.0205. The monoisotopic (exact) mass is 485 g/mol. The first kappa shape index (κ1) is 23.2. The quantitative estimate of drug-likeness (QED) is 0.618. The third-order valence-electron chi connectivity index (χ3n) is 3.73. The molecule has 0 aliphatic rings. The fourth-order valence-electron chi connectivity index (χ4n) is 2.30. The van der Waals surface area contributed by atoms with Crippen LogP contribution in [0.1, 0.15) is 32.4 Å². The maximum Gasteiger partial charge on any atom is 0.410 e. The summed E-state index contributed by atoms with van der Waals surface area (Å²) in [5.74, 6) is 0.115. The van der Waals surface area contributed by atoms with Crippen molar-refractivity contribution >= 4 is 32.1 Å². The van der Waals surface area contributed by atoms with Gasteiger partial charge in [0.25, 0.3) is 0 Å². The Kier molecular flexibility index (Phi) is 7.31. The van der Waals surface area contributed by atoms with E-state index >= 15 is 0 Å². The largest absolute Gasteiger partial charge is 0.444 e. The fraction of sp³-hybridized carbons (Fsp3) is 0.350. The van der Waals surface area contributed by atoms with Gasteiger partial charge in [-0.3, -0.25) is 0 Å². The Morgan fingerprint density at radius 3 is 2.17 bits per heavy atom. The zero-order valence-electron chi connectivity index (χ0n) is 16.6. The molecule has 2 aromatic rings. The number of carbonyl (C=O) groups excluding carboxylic acids is 1. The molecule has 1 unspecified atom stereocenters. The summed E-state index contributed by atoms with van der Waals surface area (Å²) in [6, 6.07) is 12.1. The van der Waals surface area contributed by atoms with Gasteiger partial charge in [0.05, 0.1) is 12.6 Å². The maximum absolute atomic E-state index is 12.3. The fourth-order valence-corrected chi connectivity index (χ4v) is 3.50. The highest BCUT2D eigenvalue weighted by molar-refractivity contribution is 9.10. The lowest BCUT2D eigenvalue weighted by Gasteiger charge is -2.26. The lowest BCUT2D eigenvalue weighted by Crippen LogP contribution is -2.36. The van der Waals surface area contributed by atoms with E-state index in [1.165, 1.54) is 36.2 Å². The summed E-state index contributed by atoms with van der Waals surface area (Å²) >= 11 is 3.25. The van der Waals surface area contributed by atoms with Crippen molar-refractivity contribution in [2.75, 3.05) is 13.6 Å². The number of nitrogens with zero attached hydrogens (tertiary/aromatic N) is 1. The summed E-state index contributed by atoms with van der Waals surface area (Å²) in [5, 5.41) is 10.4. The molecule has 0 aromatic heterocycles. The number of halogens is 1. The normalized spacial score (nSPS) is 12.9. The smallest absolute Gasteiger partial charge is 0.410 e. The van der Waals surface area contributed by atoms with Crippen molar-refractivity contribution in [3.8, 4) is 5.75 Å². The Balaban J connectivity index is 2.02. The zero-order chi connectivity index (χ0) is 21.8. The second-order valence-electron chi connectivity index (χ2n) is 7.44. The Bertz CT molecular complexity index is 936. The molecule has 7 nitrogen and oxygen atoms in total. The van der Waals surface area contributed by atoms with E-state index in [0.29, 0.717) is 5.56 Å². The molecule has 1 atom stereocenters. The van der Waals surface area contributed by atoms with Gasteiger partial charge in [0, 0.05) is 11.5 Å². The SMILES string of the molecule is CN(CC(O)c1ccc(OS(=O)(=O)c2ccc(Br)cc2)cc1)C(=O)OC(C)(C)C. The summed E-state index contributed by atoms with van der Waals surface area (Å²) in [6.45, 7) is 5.30. The van der Waals surface area contributed by atoms with E-state index in [1.54, 1.807) is 45.0 Å². The second kappa shape index (κ2) is 9.15. The van der Waals surface area contributed by atoms with E-state index in [2.05, 4.69) is 15.9 Å². The van der Waals surface area contributed by atoms with E-state index in [1.807, 2.05) is 0 Å². The minimum atomic E-state index is -3.96. The highest BCUT2D eigenvalue weighted by Crippen LogP contribution is 2.23. The third kappa shape index (κ3) is 7.02. The van der Waals surface area contributed by atoms with Crippen molar-refractivity contribution in [3.05, 3.63) is 58.6 Å². The molecule has 0 bridgehead atoms. The average molecular weight is 486 g/mol. The molecule has 2 aromatic carbocycles. The number of hydrogen-bond donors (Lipinski definition) is 1. The van der Waals surface area contributed by atoms with Crippen molar-refractivity contribution in [1.82, 2.24) is 4.90 Å². The van der Waals surface area contributed by atoms with E-state index in [-0.39, 0.29) is 17.2 Å². The zero-order valence-corrected chi connectivity index (χ0v) is 19.0. The van der Waals surface area contributed by atoms with Gasteiger partial charge in [0.2, 0.25) is 0 Å². The van der Waals surface area contributed by atoms with Gasteiger partial charge < -0.3 is 18.9 Å². The van der Waals surface area contributed by atoms with Crippen LogP contribution >= 0.6 is 15.9 Å². The summed E-state index contributed by atoms with van der Waals surface area (Å²) in [6.07, 6.45) is -1.51. The molecule has 0 saturated heterocycles. The molecular weight excluding hydrogens is 462 g/mol. The molecule has 0 spiro atoms. The predicted molar refractivity (Wildman–Crippen MR) is 112 cm³/mol. The molecular formula is C20H24BrNO6S. The molecule has 9 heteroatoms. The van der Waals surface area contributed by atoms with Gasteiger partial charge in [0.1, 0.15) is 16.2 Å². The van der Waals surface area contributed by atoms with Gasteiger partial charge in [-0.25, -0.2) is 4.79 Å². The van der Waals surface area contributed by atoms with Crippen LogP contribution in [-0.4, -0.2) is 43.7 Å². The molecule has 2 rings (SSSR count). The minimum Gasteiger partial charge on any atom is -0.444 e. The van der Waals surface area contributed by atoms with Gasteiger partial charge in [-0.05, 0) is 62.7 Å². The lowest BCUT2D eigenvalue weighted by atomic mass is 10.1. The number of benzene rings is 2. The van der Waals surface area contributed by atoms with Crippen molar-refractivity contribution < 1.29 is 27.2 Å². The first-order valence-corrected chi connectivity index (χ1v) is 11.0. The standard InChI is InChI=1S/C20H24BrNO6S/c1-20(2,3)27-19(24)22(4)13-18(23)14-5-9-16(10-6-14)28-29(25,26)17-11-7-15(21)8-12-17/h5-12,18,23H,13H2,1-4H3. The Labute approximate surface area is 179 Å². The van der Waals surface area contributed by atoms with Crippen LogP contribution in [-0.2, 0) is 14.9 Å². The first-order valence-electron chi connectivity index (χ1n) is 8.79. The Hall–Kier alpha value is -2.10. The van der Waals surface area contributed by atoms with E-state index in [9.17, 15) is 18.3 Å². The molecule has 1 N–H and O–H groups in total. The van der Waals surface area contributed by atoms with Gasteiger partial charge >= 0.3 is 16.2 Å². The molecule has 0 aliphatic heterocycles. The summed E-state index contributed by atoms with van der Waals surface area (Å²) in [5.41, 5.74) is -0.121. The second-order valence-corrected chi connectivity index (χ2v) is 9.90. The number of ether oxygens (including phenoxy) is 1. The van der Waals surface area contributed by atoms with E-state index in [0.717, 1.165) is 4.47 Å². The molecule has 0 radical (unpaired) electrons. The van der Waals surface area contributed by atoms with E-state index < -0.39 is 27.9 Å². The van der Waals surface area contributed by atoms with Crippen LogP contribution in [0.5, 0.6) is 5.75 Å². The van der Waals surface area contributed by atoms with Gasteiger partial charge in [-0.2, -0.15) is 8.42 Å². The maximum atomic E-state index is 12.3. The first-order chi connectivity index (χ1) is 13.4. The number of rotatable bonds is 6. The predicted octanol–water partition coefficient (Wildman–Crippen LogP) is 4.12. The molecule has 0 aliphatic carbocycles. The molecule has 1 amide bonds. The number of amides is 1. The molecule has 29 heavy (non-hydrogen) atoms. The van der Waals surface area contributed by atoms with Crippen molar-refractivity contribution in [2.24, 2.45) is 0 Å². The van der Waals surface area contributed by atoms with Crippen LogP contribution < -0.4 is 4.18 Å². The molecule has 158 valence electrons. The number of likely N-dealkylation sites (N-methyl/N-ethyl adjacent to an activating group) is 1. The van der Waals surface area contributed by atoms with Gasteiger partial charge in [-0.15, -0.1) is 0 Å². The number of hydrogen-bond acceptors (Lipinski definition) is 6. The number of aliphatic hydroxyl groups is 1. The van der Waals surface area contributed by atoms with Gasteiger partial charge in [0.15, 0.2) is 0 Å². The van der Waals surface area contributed by atoms with Crippen LogP contribution in [0.2, 0.25) is 0 Å². The Morgan fingerprint density at radius 2 is 1.66 bits per heavy atom. The number of aliphatic hydroxyl groups excluding tert-OH is 1. The van der Waals surface area contributed by atoms with Crippen LogP contribution in [0, 0.1) is 0 Å². The van der Waals surface area contributed by atoms with Crippen molar-refractivity contribution in [1.29, 1.82) is 0 Å². The topological polar surface area (TPSA) is 93.1 Å². The van der Waals surface area contributed by atoms with Crippen molar-refractivity contribution in [2.45, 2.75) is 37.4 Å². The average Bonchev–Trinajstić information content (AvgIpc) is 2.60. The highest BCUT2D eigenvalue weighted by Gasteiger charge is 2.22. The number of carbonyl (C=O) groups is 1. The highest BCUT2D eigenvalue weighted by atomic mass is 79.9. The van der Waals surface area contributed by atoms with Crippen LogP contribution in [0.15, 0.2) is 57.9 Å². The Morgan fingerprint density at radius 1 is 1.10 bits per heavy atom. The summed E-state index contributed by atoms with van der Waals surface area (Å²) in [7, 11) is -2.44. The van der Waals surface area contributed by atoms with Gasteiger partial charge in [-0.1, -0.05) is 28.1 Å². The minimum absolute atomic E-state index is 0.0201.